The normalized spacial score (nSPS) is 15.7. The molecule has 0 bridgehead atoms. The predicted molar refractivity (Wildman–Crippen MR) is 60.6 cm³/mol. The molecule has 13 heavy (non-hydrogen) atoms. The van der Waals surface area contributed by atoms with Crippen molar-refractivity contribution in [3.05, 3.63) is 21.3 Å². The van der Waals surface area contributed by atoms with Crippen molar-refractivity contribution in [1.82, 2.24) is 5.32 Å². The maximum absolute atomic E-state index is 5.87. The van der Waals surface area contributed by atoms with Crippen molar-refractivity contribution in [2.45, 2.75) is 39.3 Å². The van der Waals surface area contributed by atoms with Gasteiger partial charge in [-0.3, -0.25) is 0 Å². The minimum absolute atomic E-state index is 0.410. The molecule has 1 nitrogen and oxygen atoms in total. The van der Waals surface area contributed by atoms with Gasteiger partial charge in [-0.2, -0.15) is 0 Å². The minimum atomic E-state index is 0.410. The number of hydrogen-bond acceptors (Lipinski definition) is 2. The van der Waals surface area contributed by atoms with Gasteiger partial charge in [-0.25, -0.2) is 0 Å². The fourth-order valence-corrected chi connectivity index (χ4v) is 2.26. The molecule has 0 aliphatic rings. The first-order valence-corrected chi connectivity index (χ1v) is 5.84. The lowest BCUT2D eigenvalue weighted by Crippen LogP contribution is -2.27. The molecule has 1 heterocycles. The second kappa shape index (κ2) is 4.99. The van der Waals surface area contributed by atoms with Gasteiger partial charge in [0.1, 0.15) is 0 Å². The monoisotopic (exact) mass is 217 g/mol. The summed E-state index contributed by atoms with van der Waals surface area (Å²) in [6, 6.07) is 5.02. The van der Waals surface area contributed by atoms with Gasteiger partial charge in [0.05, 0.1) is 4.34 Å². The van der Waals surface area contributed by atoms with Crippen molar-refractivity contribution in [3.8, 4) is 0 Å². The van der Waals surface area contributed by atoms with Crippen LogP contribution in [0.4, 0.5) is 0 Å². The highest BCUT2D eigenvalue weighted by molar-refractivity contribution is 7.16. The third-order valence-corrected chi connectivity index (χ3v) is 3.58. The standard InChI is InChI=1S/C10H16ClNS/c1-4-7(2)12-8(3)9-5-6-10(11)13-9/h5-8,12H,4H2,1-3H3/t7-,8-/m1/s1. The summed E-state index contributed by atoms with van der Waals surface area (Å²) in [5.74, 6) is 0. The average molecular weight is 218 g/mol. The van der Waals surface area contributed by atoms with Gasteiger partial charge >= 0.3 is 0 Å². The number of rotatable bonds is 4. The summed E-state index contributed by atoms with van der Waals surface area (Å²) in [5, 5.41) is 3.51. The molecule has 1 aromatic heterocycles. The van der Waals surface area contributed by atoms with Gasteiger partial charge < -0.3 is 5.32 Å². The number of hydrogen-bond donors (Lipinski definition) is 1. The molecule has 0 saturated carbocycles. The SMILES string of the molecule is CC[C@@H](C)N[C@H](C)c1ccc(Cl)s1. The molecule has 0 unspecified atom stereocenters. The van der Waals surface area contributed by atoms with E-state index in [0.29, 0.717) is 12.1 Å². The van der Waals surface area contributed by atoms with E-state index in [0.717, 1.165) is 10.8 Å². The summed E-state index contributed by atoms with van der Waals surface area (Å²) in [5.41, 5.74) is 0. The maximum atomic E-state index is 5.87. The Morgan fingerprint density at radius 3 is 2.62 bits per heavy atom. The fourth-order valence-electron chi connectivity index (χ4n) is 1.19. The lowest BCUT2D eigenvalue weighted by atomic mass is 10.2. The first kappa shape index (κ1) is 11.0. The Balaban J connectivity index is 2.53. The molecule has 0 aliphatic heterocycles. The zero-order valence-corrected chi connectivity index (χ0v) is 9.88. The van der Waals surface area contributed by atoms with Crippen molar-refractivity contribution < 1.29 is 0 Å². The van der Waals surface area contributed by atoms with E-state index in [9.17, 15) is 0 Å². The van der Waals surface area contributed by atoms with Gasteiger partial charge in [0.25, 0.3) is 0 Å². The Labute approximate surface area is 89.1 Å². The van der Waals surface area contributed by atoms with E-state index in [2.05, 4.69) is 32.2 Å². The Bertz CT molecular complexity index is 259. The molecule has 0 amide bonds. The van der Waals surface area contributed by atoms with Crippen molar-refractivity contribution in [2.24, 2.45) is 0 Å². The van der Waals surface area contributed by atoms with Gasteiger partial charge in [-0.05, 0) is 32.4 Å². The van der Waals surface area contributed by atoms with Crippen molar-refractivity contribution >= 4 is 22.9 Å². The smallest absolute Gasteiger partial charge is 0.0931 e. The number of thiophene rings is 1. The van der Waals surface area contributed by atoms with E-state index in [1.165, 1.54) is 4.88 Å². The van der Waals surface area contributed by atoms with Crippen LogP contribution in [0.25, 0.3) is 0 Å². The van der Waals surface area contributed by atoms with Crippen molar-refractivity contribution in [3.63, 3.8) is 0 Å². The third kappa shape index (κ3) is 3.29. The van der Waals surface area contributed by atoms with Crippen LogP contribution < -0.4 is 5.32 Å². The lowest BCUT2D eigenvalue weighted by molar-refractivity contribution is 0.474. The molecule has 3 heteroatoms. The molecule has 2 atom stereocenters. The van der Waals surface area contributed by atoms with Crippen LogP contribution in [0.1, 0.15) is 38.1 Å². The van der Waals surface area contributed by atoms with Crippen LogP contribution in [0, 0.1) is 0 Å². The Kier molecular flexibility index (Phi) is 4.23. The van der Waals surface area contributed by atoms with Gasteiger partial charge in [-0.1, -0.05) is 18.5 Å². The number of halogens is 1. The van der Waals surface area contributed by atoms with Crippen LogP contribution in [0.15, 0.2) is 12.1 Å². The van der Waals surface area contributed by atoms with Crippen LogP contribution in [0.3, 0.4) is 0 Å². The van der Waals surface area contributed by atoms with Crippen molar-refractivity contribution in [1.29, 1.82) is 0 Å². The topological polar surface area (TPSA) is 12.0 Å². The van der Waals surface area contributed by atoms with E-state index >= 15 is 0 Å². The van der Waals surface area contributed by atoms with Crippen LogP contribution >= 0.6 is 22.9 Å². The first-order chi connectivity index (χ1) is 6.13. The van der Waals surface area contributed by atoms with Crippen LogP contribution in [0.2, 0.25) is 4.34 Å². The van der Waals surface area contributed by atoms with Crippen LogP contribution in [-0.4, -0.2) is 6.04 Å². The van der Waals surface area contributed by atoms with Gasteiger partial charge in [0, 0.05) is 17.0 Å². The molecule has 0 aromatic carbocycles. The van der Waals surface area contributed by atoms with Crippen LogP contribution in [0.5, 0.6) is 0 Å². The highest BCUT2D eigenvalue weighted by Gasteiger charge is 2.09. The minimum Gasteiger partial charge on any atom is -0.307 e. The van der Waals surface area contributed by atoms with Gasteiger partial charge in [0.15, 0.2) is 0 Å². The Morgan fingerprint density at radius 2 is 2.15 bits per heavy atom. The van der Waals surface area contributed by atoms with Crippen LogP contribution in [-0.2, 0) is 0 Å². The summed E-state index contributed by atoms with van der Waals surface area (Å²) in [7, 11) is 0. The summed E-state index contributed by atoms with van der Waals surface area (Å²) >= 11 is 7.52. The summed E-state index contributed by atoms with van der Waals surface area (Å²) in [6.45, 7) is 6.56. The van der Waals surface area contributed by atoms with E-state index in [1.54, 1.807) is 11.3 Å². The highest BCUT2D eigenvalue weighted by atomic mass is 35.5. The zero-order chi connectivity index (χ0) is 9.84. The molecular weight excluding hydrogens is 202 g/mol. The largest absolute Gasteiger partial charge is 0.307 e. The quantitative estimate of drug-likeness (QED) is 0.808. The Hall–Kier alpha value is -0.0500. The molecule has 1 aromatic rings. The fraction of sp³-hybridized carbons (Fsp3) is 0.600. The van der Waals surface area contributed by atoms with Gasteiger partial charge in [-0.15, -0.1) is 11.3 Å². The highest BCUT2D eigenvalue weighted by Crippen LogP contribution is 2.26. The second-order valence-electron chi connectivity index (χ2n) is 3.34. The molecule has 0 radical (unpaired) electrons. The summed E-state index contributed by atoms with van der Waals surface area (Å²) in [6.07, 6.45) is 1.16. The Morgan fingerprint density at radius 1 is 1.46 bits per heavy atom. The molecule has 0 fully saturated rings. The second-order valence-corrected chi connectivity index (χ2v) is 5.09. The van der Waals surface area contributed by atoms with E-state index in [-0.39, 0.29) is 0 Å². The van der Waals surface area contributed by atoms with E-state index < -0.39 is 0 Å². The first-order valence-electron chi connectivity index (χ1n) is 4.64. The molecule has 1 N–H and O–H groups in total. The number of nitrogens with one attached hydrogen (secondary N) is 1. The molecule has 0 saturated heterocycles. The predicted octanol–water partition coefficient (Wildman–Crippen LogP) is 3.85. The van der Waals surface area contributed by atoms with E-state index in [4.69, 9.17) is 11.6 Å². The molecule has 0 spiro atoms. The summed E-state index contributed by atoms with van der Waals surface area (Å²) in [4.78, 5) is 1.31. The molecular formula is C10H16ClNS. The molecule has 1 rings (SSSR count). The molecule has 0 aliphatic carbocycles. The molecule has 74 valence electrons. The average Bonchev–Trinajstić information content (AvgIpc) is 2.51. The van der Waals surface area contributed by atoms with Gasteiger partial charge in [0.2, 0.25) is 0 Å². The lowest BCUT2D eigenvalue weighted by Gasteiger charge is -2.17. The van der Waals surface area contributed by atoms with E-state index in [1.807, 2.05) is 6.07 Å². The maximum Gasteiger partial charge on any atom is 0.0931 e. The summed E-state index contributed by atoms with van der Waals surface area (Å²) < 4.78 is 0.868. The van der Waals surface area contributed by atoms with Crippen molar-refractivity contribution in [2.75, 3.05) is 0 Å². The third-order valence-electron chi connectivity index (χ3n) is 2.17. The zero-order valence-electron chi connectivity index (χ0n) is 8.30.